The topological polar surface area (TPSA) is 58.2 Å². The number of nitrogens with one attached hydrogen (secondary N) is 2. The Balaban J connectivity index is 2.16. The smallest absolute Gasteiger partial charge is 0.228 e. The van der Waals surface area contributed by atoms with Gasteiger partial charge in [0.15, 0.2) is 0 Å². The summed E-state index contributed by atoms with van der Waals surface area (Å²) >= 11 is 0. The minimum atomic E-state index is -0.122. The van der Waals surface area contributed by atoms with Crippen LogP contribution in [0, 0.1) is 24.2 Å². The predicted molar refractivity (Wildman–Crippen MR) is 94.3 cm³/mol. The molecule has 0 aliphatic heterocycles. The first kappa shape index (κ1) is 17.3. The van der Waals surface area contributed by atoms with Gasteiger partial charge >= 0.3 is 0 Å². The molecule has 2 atom stereocenters. The van der Waals surface area contributed by atoms with Crippen LogP contribution in [0.4, 0.5) is 11.4 Å². The molecule has 1 aromatic rings. The summed E-state index contributed by atoms with van der Waals surface area (Å²) in [5.74, 6) is 0.191. The predicted octanol–water partition coefficient (Wildman–Crippen LogP) is 4.13. The van der Waals surface area contributed by atoms with Gasteiger partial charge in [0.05, 0.1) is 5.92 Å². The molecule has 1 aliphatic rings. The molecule has 1 saturated carbocycles. The molecule has 1 fully saturated rings. The average molecular weight is 314 g/mol. The molecule has 0 bridgehead atoms. The maximum atomic E-state index is 12.6. The molecular weight excluding hydrogens is 288 g/mol. The third kappa shape index (κ3) is 3.63. The summed E-state index contributed by atoms with van der Waals surface area (Å²) in [5.41, 5.74) is 3.58. The molecule has 2 N–H and O–H groups in total. The minimum absolute atomic E-state index is 0.00942. The highest BCUT2D eigenvalue weighted by molar-refractivity contribution is 5.98. The van der Waals surface area contributed by atoms with Crippen LogP contribution < -0.4 is 10.6 Å². The second-order valence-electron chi connectivity index (χ2n) is 7.22. The minimum Gasteiger partial charge on any atom is -0.326 e. The second kappa shape index (κ2) is 6.19. The van der Waals surface area contributed by atoms with Gasteiger partial charge in [-0.2, -0.15) is 0 Å². The normalized spacial score (nSPS) is 21.3. The van der Waals surface area contributed by atoms with Gasteiger partial charge in [0.2, 0.25) is 11.8 Å². The first-order valence-corrected chi connectivity index (χ1v) is 7.97. The first-order chi connectivity index (χ1) is 10.6. The van der Waals surface area contributed by atoms with Crippen LogP contribution in [0.1, 0.15) is 40.2 Å². The highest BCUT2D eigenvalue weighted by atomic mass is 16.2. The molecule has 0 heterocycles. The van der Waals surface area contributed by atoms with Crippen molar-refractivity contribution in [2.75, 3.05) is 10.6 Å². The van der Waals surface area contributed by atoms with Crippen LogP contribution in [-0.4, -0.2) is 11.8 Å². The molecule has 0 radical (unpaired) electrons. The van der Waals surface area contributed by atoms with E-state index in [-0.39, 0.29) is 29.1 Å². The quantitative estimate of drug-likeness (QED) is 0.821. The van der Waals surface area contributed by atoms with E-state index in [1.165, 1.54) is 12.5 Å². The van der Waals surface area contributed by atoms with Crippen LogP contribution in [0.3, 0.4) is 0 Å². The molecular formula is C19H26N2O2. The second-order valence-corrected chi connectivity index (χ2v) is 7.22. The third-order valence-corrected chi connectivity index (χ3v) is 4.61. The van der Waals surface area contributed by atoms with Gasteiger partial charge < -0.3 is 10.6 Å². The van der Waals surface area contributed by atoms with Gasteiger partial charge in [0, 0.05) is 18.3 Å². The summed E-state index contributed by atoms with van der Waals surface area (Å²) in [6, 6.07) is 5.53. The summed E-state index contributed by atoms with van der Waals surface area (Å²) < 4.78 is 0. The van der Waals surface area contributed by atoms with Crippen molar-refractivity contribution in [3.63, 3.8) is 0 Å². The lowest BCUT2D eigenvalue weighted by atomic mass is 10.1. The Morgan fingerprint density at radius 2 is 1.65 bits per heavy atom. The SMILES string of the molecule is CC(=O)Nc1cccc(NC(=O)C2C(C=C(C)C)C2(C)C)c1C. The van der Waals surface area contributed by atoms with E-state index in [1.54, 1.807) is 0 Å². The van der Waals surface area contributed by atoms with Crippen LogP contribution in [-0.2, 0) is 9.59 Å². The van der Waals surface area contributed by atoms with Crippen molar-refractivity contribution >= 4 is 23.2 Å². The number of hydrogen-bond acceptors (Lipinski definition) is 2. The zero-order valence-electron chi connectivity index (χ0n) is 14.8. The molecule has 23 heavy (non-hydrogen) atoms. The maximum Gasteiger partial charge on any atom is 0.228 e. The molecule has 2 amide bonds. The van der Waals surface area contributed by atoms with Crippen molar-refractivity contribution in [3.05, 3.63) is 35.4 Å². The Labute approximate surface area is 138 Å². The van der Waals surface area contributed by atoms with Crippen LogP contribution in [0.5, 0.6) is 0 Å². The fourth-order valence-electron chi connectivity index (χ4n) is 3.16. The highest BCUT2D eigenvalue weighted by Gasteiger charge is 2.60. The van der Waals surface area contributed by atoms with Gasteiger partial charge in [-0.05, 0) is 49.8 Å². The molecule has 1 aliphatic carbocycles. The monoisotopic (exact) mass is 314 g/mol. The van der Waals surface area contributed by atoms with Crippen molar-refractivity contribution in [2.24, 2.45) is 17.3 Å². The fraction of sp³-hybridized carbons (Fsp3) is 0.474. The number of anilines is 2. The number of amides is 2. The molecule has 0 saturated heterocycles. The first-order valence-electron chi connectivity index (χ1n) is 7.97. The Morgan fingerprint density at radius 1 is 1.09 bits per heavy atom. The Morgan fingerprint density at radius 3 is 2.17 bits per heavy atom. The summed E-state index contributed by atoms with van der Waals surface area (Å²) in [7, 11) is 0. The van der Waals surface area contributed by atoms with E-state index >= 15 is 0 Å². The number of rotatable bonds is 4. The van der Waals surface area contributed by atoms with Crippen molar-refractivity contribution in [2.45, 2.75) is 41.5 Å². The van der Waals surface area contributed by atoms with E-state index in [4.69, 9.17) is 0 Å². The number of benzene rings is 1. The van der Waals surface area contributed by atoms with Crippen molar-refractivity contribution in [1.82, 2.24) is 0 Å². The lowest BCUT2D eigenvalue weighted by Crippen LogP contribution is -2.18. The molecule has 124 valence electrons. The number of carbonyl (C=O) groups is 2. The molecule has 4 heteroatoms. The molecule has 0 spiro atoms. The molecule has 0 aromatic heterocycles. The Bertz CT molecular complexity index is 670. The van der Waals surface area contributed by atoms with E-state index in [0.717, 1.165) is 16.9 Å². The van der Waals surface area contributed by atoms with Crippen LogP contribution in [0.2, 0.25) is 0 Å². The maximum absolute atomic E-state index is 12.6. The Hall–Kier alpha value is -2.10. The molecule has 2 rings (SSSR count). The molecule has 2 unspecified atom stereocenters. The summed E-state index contributed by atoms with van der Waals surface area (Å²) in [6.45, 7) is 11.7. The van der Waals surface area contributed by atoms with Gasteiger partial charge in [-0.25, -0.2) is 0 Å². The van der Waals surface area contributed by atoms with E-state index < -0.39 is 0 Å². The lowest BCUT2D eigenvalue weighted by Gasteiger charge is -2.13. The Kier molecular flexibility index (Phi) is 4.64. The van der Waals surface area contributed by atoms with Gasteiger partial charge in [-0.15, -0.1) is 0 Å². The van der Waals surface area contributed by atoms with Gasteiger partial charge in [-0.3, -0.25) is 9.59 Å². The van der Waals surface area contributed by atoms with Gasteiger partial charge in [0.25, 0.3) is 0 Å². The number of allylic oxidation sites excluding steroid dienone is 2. The molecule has 1 aromatic carbocycles. The lowest BCUT2D eigenvalue weighted by molar-refractivity contribution is -0.118. The highest BCUT2D eigenvalue weighted by Crippen LogP contribution is 2.59. The number of carbonyl (C=O) groups excluding carboxylic acids is 2. The van der Waals surface area contributed by atoms with E-state index in [2.05, 4.69) is 44.4 Å². The van der Waals surface area contributed by atoms with E-state index in [9.17, 15) is 9.59 Å². The summed E-state index contributed by atoms with van der Waals surface area (Å²) in [4.78, 5) is 23.9. The standard InChI is InChI=1S/C19H26N2O2/c1-11(2)10-14-17(19(14,5)6)18(23)21-16-9-7-8-15(12(16)3)20-13(4)22/h7-10,14,17H,1-6H3,(H,20,22)(H,21,23). The van der Waals surface area contributed by atoms with Gasteiger partial charge in [-0.1, -0.05) is 31.6 Å². The van der Waals surface area contributed by atoms with E-state index in [0.29, 0.717) is 0 Å². The summed E-state index contributed by atoms with van der Waals surface area (Å²) in [6.07, 6.45) is 2.19. The largest absolute Gasteiger partial charge is 0.326 e. The molecule has 4 nitrogen and oxygen atoms in total. The zero-order chi connectivity index (χ0) is 17.4. The summed E-state index contributed by atoms with van der Waals surface area (Å²) in [5, 5.41) is 5.81. The van der Waals surface area contributed by atoms with Crippen LogP contribution in [0.25, 0.3) is 0 Å². The van der Waals surface area contributed by atoms with Crippen LogP contribution >= 0.6 is 0 Å². The van der Waals surface area contributed by atoms with Crippen molar-refractivity contribution < 1.29 is 9.59 Å². The van der Waals surface area contributed by atoms with Gasteiger partial charge in [0.1, 0.15) is 0 Å². The third-order valence-electron chi connectivity index (χ3n) is 4.61. The fourth-order valence-corrected chi connectivity index (χ4v) is 3.16. The number of hydrogen-bond donors (Lipinski definition) is 2. The van der Waals surface area contributed by atoms with Crippen LogP contribution in [0.15, 0.2) is 29.8 Å². The average Bonchev–Trinajstić information content (AvgIpc) is 2.94. The van der Waals surface area contributed by atoms with E-state index in [1.807, 2.05) is 25.1 Å². The zero-order valence-corrected chi connectivity index (χ0v) is 14.8. The van der Waals surface area contributed by atoms with Crippen molar-refractivity contribution in [1.29, 1.82) is 0 Å². The van der Waals surface area contributed by atoms with Crippen molar-refractivity contribution in [3.8, 4) is 0 Å².